The lowest BCUT2D eigenvalue weighted by atomic mass is 9.96. The summed E-state index contributed by atoms with van der Waals surface area (Å²) >= 11 is 0. The lowest BCUT2D eigenvalue weighted by molar-refractivity contribution is -0.138. The molecule has 1 atom stereocenters. The van der Waals surface area contributed by atoms with Crippen molar-refractivity contribution in [2.45, 2.75) is 32.0 Å². The van der Waals surface area contributed by atoms with Crippen molar-refractivity contribution in [1.82, 2.24) is 0 Å². The van der Waals surface area contributed by atoms with Crippen LogP contribution in [0.2, 0.25) is 0 Å². The Morgan fingerprint density at radius 1 is 0.938 bits per heavy atom. The standard InChI is InChI=1S/C26H21F3O3/c1-2-3-22(16-25(30)31)21-10-14-24(15-11-21)32-17-18-4-6-19(7-5-18)20-8-12-23(13-9-20)26(27,28)29/h4-15,22H,16-17H2,1H3,(H,30,31). The summed E-state index contributed by atoms with van der Waals surface area (Å²) in [5.74, 6) is 5.04. The summed E-state index contributed by atoms with van der Waals surface area (Å²) in [4.78, 5) is 11.0. The fraction of sp³-hybridized carbons (Fsp3) is 0.192. The van der Waals surface area contributed by atoms with Gasteiger partial charge in [0.25, 0.3) is 0 Å². The Hall–Kier alpha value is -3.72. The molecule has 3 aromatic rings. The summed E-state index contributed by atoms with van der Waals surface area (Å²) < 4.78 is 43.9. The van der Waals surface area contributed by atoms with Crippen LogP contribution in [-0.2, 0) is 17.6 Å². The number of carboxylic acid groups (broad SMARTS) is 1. The molecule has 1 unspecified atom stereocenters. The molecular formula is C26H21F3O3. The third kappa shape index (κ3) is 6.14. The Kier molecular flexibility index (Phi) is 7.21. The van der Waals surface area contributed by atoms with Gasteiger partial charge in [-0.1, -0.05) is 54.5 Å². The van der Waals surface area contributed by atoms with E-state index in [1.165, 1.54) is 12.1 Å². The van der Waals surface area contributed by atoms with E-state index in [-0.39, 0.29) is 12.3 Å². The molecule has 32 heavy (non-hydrogen) atoms. The highest BCUT2D eigenvalue weighted by molar-refractivity contribution is 5.69. The first kappa shape index (κ1) is 23.0. The molecule has 0 aliphatic carbocycles. The van der Waals surface area contributed by atoms with E-state index < -0.39 is 17.7 Å². The summed E-state index contributed by atoms with van der Waals surface area (Å²) in [6.45, 7) is 2.00. The highest BCUT2D eigenvalue weighted by Gasteiger charge is 2.29. The second-order valence-electron chi connectivity index (χ2n) is 7.17. The van der Waals surface area contributed by atoms with Gasteiger partial charge in [-0.2, -0.15) is 13.2 Å². The molecule has 0 amide bonds. The second-order valence-corrected chi connectivity index (χ2v) is 7.17. The van der Waals surface area contributed by atoms with Gasteiger partial charge in [-0.15, -0.1) is 5.92 Å². The van der Waals surface area contributed by atoms with Gasteiger partial charge in [0, 0.05) is 0 Å². The van der Waals surface area contributed by atoms with Crippen LogP contribution in [0, 0.1) is 11.8 Å². The third-order valence-corrected chi connectivity index (χ3v) is 4.88. The minimum Gasteiger partial charge on any atom is -0.489 e. The SMILES string of the molecule is CC#CC(CC(=O)O)c1ccc(OCc2ccc(-c3ccc(C(F)(F)F)cc3)cc2)cc1. The number of benzene rings is 3. The number of hydrogen-bond acceptors (Lipinski definition) is 2. The Balaban J connectivity index is 1.61. The number of carbonyl (C=O) groups is 1. The quantitative estimate of drug-likeness (QED) is 0.427. The lowest BCUT2D eigenvalue weighted by Crippen LogP contribution is -2.04. The zero-order valence-corrected chi connectivity index (χ0v) is 17.3. The molecule has 0 saturated heterocycles. The molecule has 0 saturated carbocycles. The number of ether oxygens (including phenoxy) is 1. The predicted octanol–water partition coefficient (Wildman–Crippen LogP) is 6.53. The molecular weight excluding hydrogens is 417 g/mol. The van der Waals surface area contributed by atoms with Crippen LogP contribution >= 0.6 is 0 Å². The van der Waals surface area contributed by atoms with E-state index >= 15 is 0 Å². The molecule has 0 heterocycles. The maximum Gasteiger partial charge on any atom is 0.416 e. The third-order valence-electron chi connectivity index (χ3n) is 4.88. The topological polar surface area (TPSA) is 46.5 Å². The van der Waals surface area contributed by atoms with Crippen LogP contribution in [0.1, 0.15) is 36.0 Å². The maximum absolute atomic E-state index is 12.7. The predicted molar refractivity (Wildman–Crippen MR) is 116 cm³/mol. The van der Waals surface area contributed by atoms with Gasteiger partial charge in [-0.25, -0.2) is 0 Å². The molecule has 164 valence electrons. The van der Waals surface area contributed by atoms with Crippen molar-refractivity contribution in [2.75, 3.05) is 0 Å². The Labute approximate surface area is 184 Å². The van der Waals surface area contributed by atoms with E-state index in [1.54, 1.807) is 31.2 Å². The van der Waals surface area contributed by atoms with Crippen LogP contribution in [0.4, 0.5) is 13.2 Å². The molecule has 1 N–H and O–H groups in total. The van der Waals surface area contributed by atoms with Crippen LogP contribution < -0.4 is 4.74 Å². The van der Waals surface area contributed by atoms with Crippen molar-refractivity contribution in [3.8, 4) is 28.7 Å². The Bertz CT molecular complexity index is 1100. The molecule has 0 aromatic heterocycles. The smallest absolute Gasteiger partial charge is 0.416 e. The van der Waals surface area contributed by atoms with Crippen LogP contribution in [-0.4, -0.2) is 11.1 Å². The van der Waals surface area contributed by atoms with E-state index in [4.69, 9.17) is 9.84 Å². The van der Waals surface area contributed by atoms with Gasteiger partial charge < -0.3 is 9.84 Å². The van der Waals surface area contributed by atoms with E-state index in [2.05, 4.69) is 11.8 Å². The van der Waals surface area contributed by atoms with Gasteiger partial charge in [-0.3, -0.25) is 4.79 Å². The summed E-state index contributed by atoms with van der Waals surface area (Å²) in [5.41, 5.74) is 2.56. The number of hydrogen-bond donors (Lipinski definition) is 1. The minimum atomic E-state index is -4.35. The van der Waals surface area contributed by atoms with Crippen molar-refractivity contribution in [3.63, 3.8) is 0 Å². The van der Waals surface area contributed by atoms with Crippen LogP contribution in [0.3, 0.4) is 0 Å². The normalized spacial score (nSPS) is 11.9. The Morgan fingerprint density at radius 2 is 1.50 bits per heavy atom. The molecule has 0 spiro atoms. The van der Waals surface area contributed by atoms with Gasteiger partial charge in [0.15, 0.2) is 0 Å². The maximum atomic E-state index is 12.7. The first-order valence-corrected chi connectivity index (χ1v) is 9.89. The molecule has 0 bridgehead atoms. The zero-order chi connectivity index (χ0) is 23.1. The number of alkyl halides is 3. The van der Waals surface area contributed by atoms with Crippen LogP contribution in [0.25, 0.3) is 11.1 Å². The second kappa shape index (κ2) is 10.1. The summed E-state index contributed by atoms with van der Waals surface area (Å²) in [6, 6.07) is 19.6. The average molecular weight is 438 g/mol. The van der Waals surface area contributed by atoms with Gasteiger partial charge in [-0.05, 0) is 53.4 Å². The highest BCUT2D eigenvalue weighted by Crippen LogP contribution is 2.31. The molecule has 3 aromatic carbocycles. The number of halogens is 3. The first-order valence-electron chi connectivity index (χ1n) is 9.89. The van der Waals surface area contributed by atoms with E-state index in [0.717, 1.165) is 28.8 Å². The van der Waals surface area contributed by atoms with Crippen molar-refractivity contribution in [3.05, 3.63) is 89.5 Å². The monoisotopic (exact) mass is 438 g/mol. The lowest BCUT2D eigenvalue weighted by Gasteiger charge is -2.11. The fourth-order valence-electron chi connectivity index (χ4n) is 3.21. The van der Waals surface area contributed by atoms with Crippen molar-refractivity contribution < 1.29 is 27.8 Å². The molecule has 6 heteroatoms. The van der Waals surface area contributed by atoms with Crippen molar-refractivity contribution in [1.29, 1.82) is 0 Å². The molecule has 0 fully saturated rings. The van der Waals surface area contributed by atoms with Gasteiger partial charge in [0.2, 0.25) is 0 Å². The summed E-state index contributed by atoms with van der Waals surface area (Å²) in [6.07, 6.45) is -4.41. The minimum absolute atomic E-state index is 0.0632. The van der Waals surface area contributed by atoms with Crippen molar-refractivity contribution >= 4 is 5.97 Å². The molecule has 0 aliphatic heterocycles. The van der Waals surface area contributed by atoms with E-state index in [0.29, 0.717) is 17.9 Å². The van der Waals surface area contributed by atoms with Crippen LogP contribution in [0.5, 0.6) is 5.75 Å². The highest BCUT2D eigenvalue weighted by atomic mass is 19.4. The number of rotatable bonds is 7. The fourth-order valence-corrected chi connectivity index (χ4v) is 3.21. The first-order chi connectivity index (χ1) is 15.3. The van der Waals surface area contributed by atoms with Gasteiger partial charge in [0.1, 0.15) is 12.4 Å². The molecule has 3 nitrogen and oxygen atoms in total. The van der Waals surface area contributed by atoms with Crippen molar-refractivity contribution in [2.24, 2.45) is 0 Å². The van der Waals surface area contributed by atoms with Crippen LogP contribution in [0.15, 0.2) is 72.8 Å². The van der Waals surface area contributed by atoms with E-state index in [1.807, 2.05) is 24.3 Å². The summed E-state index contributed by atoms with van der Waals surface area (Å²) in [7, 11) is 0. The summed E-state index contributed by atoms with van der Waals surface area (Å²) in [5, 5.41) is 9.04. The number of aliphatic carboxylic acids is 1. The molecule has 0 aliphatic rings. The largest absolute Gasteiger partial charge is 0.489 e. The zero-order valence-electron chi connectivity index (χ0n) is 17.3. The molecule has 3 rings (SSSR count). The van der Waals surface area contributed by atoms with Gasteiger partial charge >= 0.3 is 12.1 Å². The Morgan fingerprint density at radius 3 is 2.00 bits per heavy atom. The molecule has 0 radical (unpaired) electrons. The van der Waals surface area contributed by atoms with Gasteiger partial charge in [0.05, 0.1) is 17.9 Å². The number of carboxylic acids is 1. The van der Waals surface area contributed by atoms with E-state index in [9.17, 15) is 18.0 Å². The average Bonchev–Trinajstić information content (AvgIpc) is 2.77.